The zero-order valence-corrected chi connectivity index (χ0v) is 12.9. The van der Waals surface area contributed by atoms with Gasteiger partial charge in [-0.3, -0.25) is 9.89 Å². The Morgan fingerprint density at radius 1 is 1.26 bits per heavy atom. The van der Waals surface area contributed by atoms with Gasteiger partial charge in [0.25, 0.3) is 0 Å². The Morgan fingerprint density at radius 3 is 2.47 bits per heavy atom. The highest BCUT2D eigenvalue weighted by Crippen LogP contribution is 2.12. The van der Waals surface area contributed by atoms with E-state index in [-0.39, 0.29) is 0 Å². The minimum atomic E-state index is 0.555. The third-order valence-electron chi connectivity index (χ3n) is 3.38. The lowest BCUT2D eigenvalue weighted by Crippen LogP contribution is -2.51. The van der Waals surface area contributed by atoms with Crippen LogP contribution >= 0.6 is 0 Å². The molecule has 2 N–H and O–H groups in total. The maximum absolute atomic E-state index is 5.44. The molecule has 5 nitrogen and oxygen atoms in total. The quantitative estimate of drug-likeness (QED) is 0.556. The number of ether oxygens (including phenoxy) is 1. The Labute approximate surface area is 117 Å². The lowest BCUT2D eigenvalue weighted by molar-refractivity contribution is 0.0132. The van der Waals surface area contributed by atoms with Crippen LogP contribution in [0.1, 0.15) is 27.2 Å². The molecule has 1 saturated heterocycles. The first-order valence-electron chi connectivity index (χ1n) is 7.43. The predicted molar refractivity (Wildman–Crippen MR) is 80.7 cm³/mol. The number of nitrogens with one attached hydrogen (secondary N) is 2. The summed E-state index contributed by atoms with van der Waals surface area (Å²) in [7, 11) is 1.82. The molecule has 1 atom stereocenters. The number of rotatable bonds is 6. The molecule has 1 aliphatic heterocycles. The van der Waals surface area contributed by atoms with Gasteiger partial charge in [-0.2, -0.15) is 0 Å². The summed E-state index contributed by atoms with van der Waals surface area (Å²) in [5.41, 5.74) is 0. The molecular weight excluding hydrogens is 240 g/mol. The molecule has 5 heteroatoms. The summed E-state index contributed by atoms with van der Waals surface area (Å²) >= 11 is 0. The first-order valence-corrected chi connectivity index (χ1v) is 7.43. The van der Waals surface area contributed by atoms with Crippen LogP contribution < -0.4 is 10.6 Å². The Hall–Kier alpha value is -0.810. The molecule has 112 valence electrons. The van der Waals surface area contributed by atoms with E-state index in [0.717, 1.165) is 45.4 Å². The van der Waals surface area contributed by atoms with Crippen molar-refractivity contribution in [2.75, 3.05) is 46.4 Å². The van der Waals surface area contributed by atoms with Crippen LogP contribution in [0.5, 0.6) is 0 Å². The van der Waals surface area contributed by atoms with Crippen molar-refractivity contribution in [2.45, 2.75) is 33.2 Å². The maximum Gasteiger partial charge on any atom is 0.191 e. The fourth-order valence-electron chi connectivity index (χ4n) is 2.45. The molecule has 0 spiro atoms. The molecule has 0 aromatic carbocycles. The maximum atomic E-state index is 5.44. The molecule has 1 heterocycles. The van der Waals surface area contributed by atoms with Crippen LogP contribution in [0, 0.1) is 5.92 Å². The van der Waals surface area contributed by atoms with Crippen molar-refractivity contribution in [3.05, 3.63) is 0 Å². The highest BCUT2D eigenvalue weighted by atomic mass is 16.5. The Bertz CT molecular complexity index is 262. The van der Waals surface area contributed by atoms with Crippen LogP contribution in [0.15, 0.2) is 4.99 Å². The van der Waals surface area contributed by atoms with Crippen molar-refractivity contribution in [3.63, 3.8) is 0 Å². The van der Waals surface area contributed by atoms with Gasteiger partial charge in [0, 0.05) is 39.3 Å². The molecule has 1 aliphatic rings. The second-order valence-electron chi connectivity index (χ2n) is 5.42. The third kappa shape index (κ3) is 6.25. The minimum absolute atomic E-state index is 0.555. The van der Waals surface area contributed by atoms with Crippen molar-refractivity contribution < 1.29 is 4.74 Å². The summed E-state index contributed by atoms with van der Waals surface area (Å²) in [6, 6.07) is 0.555. The van der Waals surface area contributed by atoms with E-state index in [4.69, 9.17) is 4.74 Å². The normalized spacial score (nSPS) is 19.5. The summed E-state index contributed by atoms with van der Waals surface area (Å²) in [6.07, 6.45) is 1.20. The van der Waals surface area contributed by atoms with Crippen molar-refractivity contribution in [1.29, 1.82) is 0 Å². The molecule has 0 bridgehead atoms. The number of morpholine rings is 1. The van der Waals surface area contributed by atoms with E-state index in [1.54, 1.807) is 0 Å². The van der Waals surface area contributed by atoms with Gasteiger partial charge in [0.15, 0.2) is 5.96 Å². The predicted octanol–water partition coefficient (Wildman–Crippen LogP) is 0.918. The van der Waals surface area contributed by atoms with E-state index >= 15 is 0 Å². The van der Waals surface area contributed by atoms with Crippen LogP contribution in [0.3, 0.4) is 0 Å². The van der Waals surface area contributed by atoms with E-state index in [1.807, 2.05) is 7.05 Å². The molecule has 19 heavy (non-hydrogen) atoms. The number of guanidine groups is 1. The van der Waals surface area contributed by atoms with Gasteiger partial charge in [0.2, 0.25) is 0 Å². The molecule has 0 saturated carbocycles. The van der Waals surface area contributed by atoms with Gasteiger partial charge in [0.1, 0.15) is 0 Å². The molecular formula is C14H30N4O. The van der Waals surface area contributed by atoms with Crippen LogP contribution in [0.2, 0.25) is 0 Å². The van der Waals surface area contributed by atoms with Gasteiger partial charge in [-0.25, -0.2) is 0 Å². The van der Waals surface area contributed by atoms with Gasteiger partial charge in [-0.15, -0.1) is 0 Å². The molecule has 0 aromatic rings. The SMILES string of the molecule is CCNC(=NC)NCC(CC(C)C)N1CCOCC1. The lowest BCUT2D eigenvalue weighted by atomic mass is 10.0. The topological polar surface area (TPSA) is 48.9 Å². The van der Waals surface area contributed by atoms with Crippen LogP contribution in [0.4, 0.5) is 0 Å². The number of hydrogen-bond donors (Lipinski definition) is 2. The minimum Gasteiger partial charge on any atom is -0.379 e. The van der Waals surface area contributed by atoms with Gasteiger partial charge < -0.3 is 15.4 Å². The lowest BCUT2D eigenvalue weighted by Gasteiger charge is -2.35. The van der Waals surface area contributed by atoms with Crippen molar-refractivity contribution in [1.82, 2.24) is 15.5 Å². The second kappa shape index (κ2) is 9.15. The molecule has 1 rings (SSSR count). The second-order valence-corrected chi connectivity index (χ2v) is 5.42. The Morgan fingerprint density at radius 2 is 1.95 bits per heavy atom. The van der Waals surface area contributed by atoms with Crippen molar-refractivity contribution in [3.8, 4) is 0 Å². The van der Waals surface area contributed by atoms with Crippen LogP contribution in [0.25, 0.3) is 0 Å². The molecule has 0 radical (unpaired) electrons. The Balaban J connectivity index is 2.48. The average molecular weight is 270 g/mol. The molecule has 1 fully saturated rings. The standard InChI is InChI=1S/C14H30N4O/c1-5-16-14(15-4)17-11-13(10-12(2)3)18-6-8-19-9-7-18/h12-13H,5-11H2,1-4H3,(H2,15,16,17). The number of aliphatic imine (C=N–C) groups is 1. The fourth-order valence-corrected chi connectivity index (χ4v) is 2.45. The zero-order valence-electron chi connectivity index (χ0n) is 12.9. The summed E-state index contributed by atoms with van der Waals surface area (Å²) in [6.45, 7) is 12.3. The van der Waals surface area contributed by atoms with E-state index in [1.165, 1.54) is 6.42 Å². The van der Waals surface area contributed by atoms with Gasteiger partial charge in [-0.05, 0) is 19.3 Å². The van der Waals surface area contributed by atoms with Gasteiger partial charge in [-0.1, -0.05) is 13.8 Å². The van der Waals surface area contributed by atoms with Gasteiger partial charge >= 0.3 is 0 Å². The zero-order chi connectivity index (χ0) is 14.1. The number of hydrogen-bond acceptors (Lipinski definition) is 3. The smallest absolute Gasteiger partial charge is 0.191 e. The first-order chi connectivity index (χ1) is 9.17. The third-order valence-corrected chi connectivity index (χ3v) is 3.38. The summed E-state index contributed by atoms with van der Waals surface area (Å²) in [4.78, 5) is 6.76. The van der Waals surface area contributed by atoms with Gasteiger partial charge in [0.05, 0.1) is 13.2 Å². The molecule has 0 aliphatic carbocycles. The molecule has 1 unspecified atom stereocenters. The largest absolute Gasteiger partial charge is 0.379 e. The highest BCUT2D eigenvalue weighted by molar-refractivity contribution is 5.79. The monoisotopic (exact) mass is 270 g/mol. The van der Waals surface area contributed by atoms with E-state index < -0.39 is 0 Å². The van der Waals surface area contributed by atoms with E-state index in [2.05, 4.69) is 41.3 Å². The Kier molecular flexibility index (Phi) is 7.82. The first kappa shape index (κ1) is 16.2. The van der Waals surface area contributed by atoms with Crippen LogP contribution in [-0.2, 0) is 4.74 Å². The van der Waals surface area contributed by atoms with Crippen molar-refractivity contribution >= 4 is 5.96 Å². The summed E-state index contributed by atoms with van der Waals surface area (Å²) < 4.78 is 5.44. The fraction of sp³-hybridized carbons (Fsp3) is 0.929. The highest BCUT2D eigenvalue weighted by Gasteiger charge is 2.21. The average Bonchev–Trinajstić information content (AvgIpc) is 2.42. The summed E-state index contributed by atoms with van der Waals surface area (Å²) in [5.74, 6) is 1.60. The van der Waals surface area contributed by atoms with E-state index in [0.29, 0.717) is 12.0 Å². The van der Waals surface area contributed by atoms with E-state index in [9.17, 15) is 0 Å². The summed E-state index contributed by atoms with van der Waals surface area (Å²) in [5, 5.41) is 6.67. The molecule has 0 aromatic heterocycles. The van der Waals surface area contributed by atoms with Crippen LogP contribution in [-0.4, -0.2) is 63.3 Å². The number of nitrogens with zero attached hydrogens (tertiary/aromatic N) is 2. The molecule has 0 amide bonds. The van der Waals surface area contributed by atoms with Crippen molar-refractivity contribution in [2.24, 2.45) is 10.9 Å².